The van der Waals surface area contributed by atoms with Crippen LogP contribution in [0.3, 0.4) is 0 Å². The summed E-state index contributed by atoms with van der Waals surface area (Å²) in [4.78, 5) is 0. The first-order chi connectivity index (χ1) is 8.77. The number of fused-ring (bicyclic) bond motifs is 1. The van der Waals surface area contributed by atoms with Crippen molar-refractivity contribution in [2.45, 2.75) is 26.4 Å². The number of hydrogen-bond donors (Lipinski definition) is 1. The first-order valence-electron chi connectivity index (χ1n) is 6.21. The predicted octanol–water partition coefficient (Wildman–Crippen LogP) is 1.04. The summed E-state index contributed by atoms with van der Waals surface area (Å²) in [5, 5.41) is 19.8. The molecular formula is C12H16N6. The molecule has 0 saturated carbocycles. The van der Waals surface area contributed by atoms with Gasteiger partial charge in [0.25, 0.3) is 0 Å². The summed E-state index contributed by atoms with van der Waals surface area (Å²) in [6.07, 6.45) is 3.40. The smallest absolute Gasteiger partial charge is 0.165 e. The van der Waals surface area contributed by atoms with E-state index in [-0.39, 0.29) is 6.04 Å². The molecule has 1 aliphatic rings. The van der Waals surface area contributed by atoms with Gasteiger partial charge in [-0.25, -0.2) is 0 Å². The van der Waals surface area contributed by atoms with Crippen LogP contribution in [0.2, 0.25) is 0 Å². The zero-order valence-corrected chi connectivity index (χ0v) is 10.5. The number of aromatic nitrogens is 5. The van der Waals surface area contributed by atoms with Crippen molar-refractivity contribution in [2.75, 3.05) is 6.54 Å². The van der Waals surface area contributed by atoms with Crippen LogP contribution in [-0.4, -0.2) is 31.5 Å². The van der Waals surface area contributed by atoms with E-state index in [0.717, 1.165) is 30.3 Å². The van der Waals surface area contributed by atoms with E-state index < -0.39 is 0 Å². The molecule has 0 amide bonds. The van der Waals surface area contributed by atoms with Crippen LogP contribution in [0.5, 0.6) is 0 Å². The van der Waals surface area contributed by atoms with E-state index in [2.05, 4.69) is 44.1 Å². The van der Waals surface area contributed by atoms with Crippen molar-refractivity contribution in [1.82, 2.24) is 30.3 Å². The molecule has 1 atom stereocenters. The molecule has 0 aliphatic carbocycles. The van der Waals surface area contributed by atoms with Gasteiger partial charge in [0.1, 0.15) is 0 Å². The normalized spacial score (nSPS) is 18.9. The van der Waals surface area contributed by atoms with Gasteiger partial charge in [-0.05, 0) is 12.0 Å². The van der Waals surface area contributed by atoms with Crippen LogP contribution >= 0.6 is 0 Å². The molecule has 1 N–H and O–H groups in total. The zero-order valence-electron chi connectivity index (χ0n) is 10.5. The molecule has 2 aromatic rings. The van der Waals surface area contributed by atoms with E-state index in [0.29, 0.717) is 5.92 Å². The summed E-state index contributed by atoms with van der Waals surface area (Å²) in [6.45, 7) is 6.22. The Morgan fingerprint density at radius 1 is 1.33 bits per heavy atom. The van der Waals surface area contributed by atoms with Crippen LogP contribution in [0, 0.1) is 5.92 Å². The second kappa shape index (κ2) is 4.45. The maximum absolute atomic E-state index is 4.34. The van der Waals surface area contributed by atoms with Gasteiger partial charge in [-0.1, -0.05) is 13.8 Å². The Morgan fingerprint density at radius 3 is 2.94 bits per heavy atom. The SMILES string of the molecule is CC(C)C1NCCn2c(-c3ccnnc3)nnc21. The monoisotopic (exact) mass is 244 g/mol. The highest BCUT2D eigenvalue weighted by Gasteiger charge is 2.27. The molecule has 0 aromatic carbocycles. The molecule has 94 valence electrons. The van der Waals surface area contributed by atoms with Gasteiger partial charge in [-0.3, -0.25) is 0 Å². The van der Waals surface area contributed by atoms with Crippen molar-refractivity contribution in [3.8, 4) is 11.4 Å². The summed E-state index contributed by atoms with van der Waals surface area (Å²) >= 11 is 0. The fraction of sp³-hybridized carbons (Fsp3) is 0.500. The number of nitrogens with one attached hydrogen (secondary N) is 1. The average molecular weight is 244 g/mol. The topological polar surface area (TPSA) is 68.5 Å². The Hall–Kier alpha value is -1.82. The Labute approximate surface area is 105 Å². The Bertz CT molecular complexity index is 533. The summed E-state index contributed by atoms with van der Waals surface area (Å²) in [5.41, 5.74) is 0.966. The Balaban J connectivity index is 2.05. The first kappa shape index (κ1) is 11.3. The van der Waals surface area contributed by atoms with Gasteiger partial charge in [0.15, 0.2) is 11.6 Å². The number of nitrogens with zero attached hydrogens (tertiary/aromatic N) is 5. The molecule has 18 heavy (non-hydrogen) atoms. The van der Waals surface area contributed by atoms with Crippen LogP contribution in [0.15, 0.2) is 18.5 Å². The third-order valence-corrected chi connectivity index (χ3v) is 3.27. The highest BCUT2D eigenvalue weighted by Crippen LogP contribution is 2.26. The van der Waals surface area contributed by atoms with Crippen LogP contribution in [0.25, 0.3) is 11.4 Å². The Kier molecular flexibility index (Phi) is 2.79. The summed E-state index contributed by atoms with van der Waals surface area (Å²) < 4.78 is 2.18. The fourth-order valence-electron chi connectivity index (χ4n) is 2.36. The molecule has 1 unspecified atom stereocenters. The van der Waals surface area contributed by atoms with Gasteiger partial charge in [-0.15, -0.1) is 10.2 Å². The van der Waals surface area contributed by atoms with E-state index >= 15 is 0 Å². The minimum atomic E-state index is 0.273. The Morgan fingerprint density at radius 2 is 2.22 bits per heavy atom. The van der Waals surface area contributed by atoms with Gasteiger partial charge in [0, 0.05) is 18.7 Å². The molecule has 3 heterocycles. The minimum absolute atomic E-state index is 0.273. The molecule has 1 aliphatic heterocycles. The molecular weight excluding hydrogens is 228 g/mol. The second-order valence-electron chi connectivity index (χ2n) is 4.84. The standard InChI is InChI=1S/C12H16N6/c1-8(2)10-12-17-16-11(18(12)6-5-13-10)9-3-4-14-15-7-9/h3-4,7-8,10,13H,5-6H2,1-2H3. The molecule has 0 spiro atoms. The van der Waals surface area contributed by atoms with Crippen LogP contribution < -0.4 is 5.32 Å². The summed E-state index contributed by atoms with van der Waals surface area (Å²) in [6, 6.07) is 2.19. The molecule has 2 aromatic heterocycles. The largest absolute Gasteiger partial charge is 0.308 e. The van der Waals surface area contributed by atoms with Crippen molar-refractivity contribution in [1.29, 1.82) is 0 Å². The number of hydrogen-bond acceptors (Lipinski definition) is 5. The lowest BCUT2D eigenvalue weighted by Crippen LogP contribution is -2.36. The van der Waals surface area contributed by atoms with Crippen molar-refractivity contribution < 1.29 is 0 Å². The zero-order chi connectivity index (χ0) is 12.5. The molecule has 6 heteroatoms. The molecule has 0 fully saturated rings. The van der Waals surface area contributed by atoms with E-state index in [1.807, 2.05) is 6.07 Å². The quantitative estimate of drug-likeness (QED) is 0.854. The molecule has 0 saturated heterocycles. The predicted molar refractivity (Wildman–Crippen MR) is 66.6 cm³/mol. The first-order valence-corrected chi connectivity index (χ1v) is 6.21. The molecule has 0 radical (unpaired) electrons. The number of rotatable bonds is 2. The maximum Gasteiger partial charge on any atom is 0.165 e. The minimum Gasteiger partial charge on any atom is -0.308 e. The van der Waals surface area contributed by atoms with Crippen molar-refractivity contribution in [2.24, 2.45) is 5.92 Å². The van der Waals surface area contributed by atoms with Crippen LogP contribution in [-0.2, 0) is 6.54 Å². The average Bonchev–Trinajstić information content (AvgIpc) is 2.83. The van der Waals surface area contributed by atoms with E-state index in [4.69, 9.17) is 0 Å². The fourth-order valence-corrected chi connectivity index (χ4v) is 2.36. The maximum atomic E-state index is 4.34. The van der Waals surface area contributed by atoms with E-state index in [1.165, 1.54) is 0 Å². The van der Waals surface area contributed by atoms with Crippen LogP contribution in [0.4, 0.5) is 0 Å². The van der Waals surface area contributed by atoms with Gasteiger partial charge in [0.05, 0.1) is 18.4 Å². The van der Waals surface area contributed by atoms with Gasteiger partial charge >= 0.3 is 0 Å². The van der Waals surface area contributed by atoms with Crippen LogP contribution in [0.1, 0.15) is 25.7 Å². The lowest BCUT2D eigenvalue weighted by atomic mass is 10.0. The van der Waals surface area contributed by atoms with Crippen molar-refractivity contribution in [3.63, 3.8) is 0 Å². The highest BCUT2D eigenvalue weighted by atomic mass is 15.3. The van der Waals surface area contributed by atoms with Gasteiger partial charge < -0.3 is 9.88 Å². The molecule has 0 bridgehead atoms. The molecule has 6 nitrogen and oxygen atoms in total. The third kappa shape index (κ3) is 1.78. The molecule has 3 rings (SSSR count). The van der Waals surface area contributed by atoms with Gasteiger partial charge in [-0.2, -0.15) is 10.2 Å². The van der Waals surface area contributed by atoms with Gasteiger partial charge in [0.2, 0.25) is 0 Å². The highest BCUT2D eigenvalue weighted by molar-refractivity contribution is 5.53. The van der Waals surface area contributed by atoms with E-state index in [9.17, 15) is 0 Å². The van der Waals surface area contributed by atoms with Crippen molar-refractivity contribution in [3.05, 3.63) is 24.3 Å². The second-order valence-corrected chi connectivity index (χ2v) is 4.84. The lowest BCUT2D eigenvalue weighted by molar-refractivity contribution is 0.339. The third-order valence-electron chi connectivity index (χ3n) is 3.27. The summed E-state index contributed by atoms with van der Waals surface area (Å²) in [5.74, 6) is 2.40. The van der Waals surface area contributed by atoms with Crippen molar-refractivity contribution >= 4 is 0 Å². The van der Waals surface area contributed by atoms with E-state index in [1.54, 1.807) is 12.4 Å². The summed E-state index contributed by atoms with van der Waals surface area (Å²) in [7, 11) is 0. The lowest BCUT2D eigenvalue weighted by Gasteiger charge is -2.27.